The number of allylic oxidation sites excluding steroid dienone is 6. The van der Waals surface area contributed by atoms with Gasteiger partial charge in [-0.25, -0.2) is 0 Å². The van der Waals surface area contributed by atoms with Crippen LogP contribution in [0.3, 0.4) is 0 Å². The Morgan fingerprint density at radius 1 is 1.05 bits per heavy atom. The predicted octanol–water partition coefficient (Wildman–Crippen LogP) is 4.74. The molecule has 0 saturated carbocycles. The molecular weight excluding hydrogens is 236 g/mol. The van der Waals surface area contributed by atoms with Crippen molar-refractivity contribution in [2.75, 3.05) is 6.61 Å². The molecule has 19 heavy (non-hydrogen) atoms. The Morgan fingerprint density at radius 3 is 2.32 bits per heavy atom. The standard InChI is InChI=1S/C17H26O2/c1-6-14(2)9-7-10-15(3)11-8-12-16(4)13-19-17(5)18/h6,9-10,12H,1,7-8,11,13H2,2-5H3/b14-9-,15-10+,16-12+. The average molecular weight is 262 g/mol. The first kappa shape index (κ1) is 17.4. The molecule has 0 spiro atoms. The fourth-order valence-corrected chi connectivity index (χ4v) is 1.45. The third-order valence-corrected chi connectivity index (χ3v) is 2.76. The molecule has 0 aromatic rings. The lowest BCUT2D eigenvalue weighted by molar-refractivity contribution is -0.139. The molecule has 2 heteroatoms. The van der Waals surface area contributed by atoms with Crippen LogP contribution < -0.4 is 0 Å². The molecule has 106 valence electrons. The van der Waals surface area contributed by atoms with Gasteiger partial charge in [0.1, 0.15) is 6.61 Å². The topological polar surface area (TPSA) is 26.3 Å². The van der Waals surface area contributed by atoms with Gasteiger partial charge in [0.2, 0.25) is 0 Å². The summed E-state index contributed by atoms with van der Waals surface area (Å²) in [6.45, 7) is 11.7. The molecule has 0 N–H and O–H groups in total. The van der Waals surface area contributed by atoms with E-state index in [0.29, 0.717) is 6.61 Å². The first-order valence-electron chi connectivity index (χ1n) is 6.69. The molecule has 0 atom stereocenters. The maximum absolute atomic E-state index is 10.7. The van der Waals surface area contributed by atoms with Crippen molar-refractivity contribution in [2.45, 2.75) is 47.0 Å². The Hall–Kier alpha value is -1.57. The van der Waals surface area contributed by atoms with E-state index in [1.54, 1.807) is 0 Å². The van der Waals surface area contributed by atoms with Gasteiger partial charge in [-0.05, 0) is 45.6 Å². The van der Waals surface area contributed by atoms with Gasteiger partial charge in [0, 0.05) is 6.92 Å². The molecule has 0 aliphatic rings. The Kier molecular flexibility index (Phi) is 9.51. The molecule has 0 radical (unpaired) electrons. The highest BCUT2D eigenvalue weighted by molar-refractivity contribution is 5.66. The van der Waals surface area contributed by atoms with Crippen molar-refractivity contribution in [3.8, 4) is 0 Å². The van der Waals surface area contributed by atoms with Crippen LogP contribution in [0.4, 0.5) is 0 Å². The van der Waals surface area contributed by atoms with E-state index >= 15 is 0 Å². The van der Waals surface area contributed by atoms with Crippen molar-refractivity contribution >= 4 is 5.97 Å². The van der Waals surface area contributed by atoms with Crippen molar-refractivity contribution in [1.29, 1.82) is 0 Å². The van der Waals surface area contributed by atoms with E-state index in [1.165, 1.54) is 18.1 Å². The smallest absolute Gasteiger partial charge is 0.302 e. The van der Waals surface area contributed by atoms with Crippen molar-refractivity contribution in [2.24, 2.45) is 0 Å². The van der Waals surface area contributed by atoms with E-state index in [0.717, 1.165) is 24.8 Å². The number of ether oxygens (including phenoxy) is 1. The van der Waals surface area contributed by atoms with Crippen molar-refractivity contribution in [3.05, 3.63) is 47.6 Å². The minimum absolute atomic E-state index is 0.229. The molecular formula is C17H26O2. The summed E-state index contributed by atoms with van der Waals surface area (Å²) in [5.41, 5.74) is 3.69. The fourth-order valence-electron chi connectivity index (χ4n) is 1.45. The molecule has 0 heterocycles. The molecule has 0 aliphatic heterocycles. The summed E-state index contributed by atoms with van der Waals surface area (Å²) in [6, 6.07) is 0. The van der Waals surface area contributed by atoms with Crippen LogP contribution in [0.5, 0.6) is 0 Å². The number of esters is 1. The first-order chi connectivity index (χ1) is 8.95. The maximum Gasteiger partial charge on any atom is 0.302 e. The molecule has 0 amide bonds. The Balaban J connectivity index is 3.98. The number of carbonyl (C=O) groups excluding carboxylic acids is 1. The average Bonchev–Trinajstić information content (AvgIpc) is 2.36. The van der Waals surface area contributed by atoms with Gasteiger partial charge < -0.3 is 4.74 Å². The van der Waals surface area contributed by atoms with Gasteiger partial charge in [-0.3, -0.25) is 4.79 Å². The van der Waals surface area contributed by atoms with Crippen LogP contribution in [0, 0.1) is 0 Å². The van der Waals surface area contributed by atoms with Crippen LogP contribution in [0.15, 0.2) is 47.6 Å². The Labute approximate surface area is 117 Å². The highest BCUT2D eigenvalue weighted by atomic mass is 16.5. The fraction of sp³-hybridized carbons (Fsp3) is 0.471. The lowest BCUT2D eigenvalue weighted by atomic mass is 10.1. The summed E-state index contributed by atoms with van der Waals surface area (Å²) in [5.74, 6) is -0.229. The van der Waals surface area contributed by atoms with Crippen LogP contribution in [0.25, 0.3) is 0 Å². The predicted molar refractivity (Wildman–Crippen MR) is 82.0 cm³/mol. The molecule has 0 unspecified atom stereocenters. The van der Waals surface area contributed by atoms with Gasteiger partial charge in [-0.2, -0.15) is 0 Å². The number of hydrogen-bond acceptors (Lipinski definition) is 2. The maximum atomic E-state index is 10.7. The van der Waals surface area contributed by atoms with Gasteiger partial charge in [0.15, 0.2) is 0 Å². The van der Waals surface area contributed by atoms with E-state index in [2.05, 4.69) is 38.7 Å². The second kappa shape index (κ2) is 10.4. The van der Waals surface area contributed by atoms with E-state index in [-0.39, 0.29) is 5.97 Å². The van der Waals surface area contributed by atoms with E-state index in [1.807, 2.05) is 13.0 Å². The molecule has 2 nitrogen and oxygen atoms in total. The second-order valence-electron chi connectivity index (χ2n) is 4.81. The van der Waals surface area contributed by atoms with Gasteiger partial charge >= 0.3 is 5.97 Å². The summed E-state index contributed by atoms with van der Waals surface area (Å²) in [7, 11) is 0. The van der Waals surface area contributed by atoms with E-state index < -0.39 is 0 Å². The van der Waals surface area contributed by atoms with E-state index in [4.69, 9.17) is 4.74 Å². The minimum atomic E-state index is -0.229. The minimum Gasteiger partial charge on any atom is -0.461 e. The normalized spacial score (nSPS) is 13.4. The van der Waals surface area contributed by atoms with Crippen molar-refractivity contribution in [1.82, 2.24) is 0 Å². The summed E-state index contributed by atoms with van der Waals surface area (Å²) in [6.07, 6.45) is 11.4. The lowest BCUT2D eigenvalue weighted by Crippen LogP contribution is -2.01. The molecule has 0 fully saturated rings. The zero-order chi connectivity index (χ0) is 14.7. The lowest BCUT2D eigenvalue weighted by Gasteiger charge is -2.02. The summed E-state index contributed by atoms with van der Waals surface area (Å²) in [4.78, 5) is 10.7. The zero-order valence-corrected chi connectivity index (χ0v) is 12.7. The first-order valence-corrected chi connectivity index (χ1v) is 6.69. The third-order valence-electron chi connectivity index (χ3n) is 2.76. The van der Waals surface area contributed by atoms with Crippen LogP contribution >= 0.6 is 0 Å². The van der Waals surface area contributed by atoms with Gasteiger partial charge in [0.05, 0.1) is 0 Å². The third kappa shape index (κ3) is 11.3. The van der Waals surface area contributed by atoms with Gasteiger partial charge in [0.25, 0.3) is 0 Å². The highest BCUT2D eigenvalue weighted by Gasteiger charge is 1.94. The summed E-state index contributed by atoms with van der Waals surface area (Å²) < 4.78 is 4.93. The van der Waals surface area contributed by atoms with Crippen molar-refractivity contribution < 1.29 is 9.53 Å². The van der Waals surface area contributed by atoms with Gasteiger partial charge in [-0.1, -0.05) is 42.0 Å². The van der Waals surface area contributed by atoms with Crippen molar-refractivity contribution in [3.63, 3.8) is 0 Å². The largest absolute Gasteiger partial charge is 0.461 e. The summed E-state index contributed by atoms with van der Waals surface area (Å²) >= 11 is 0. The van der Waals surface area contributed by atoms with E-state index in [9.17, 15) is 4.79 Å². The van der Waals surface area contributed by atoms with Crippen LogP contribution in [0.1, 0.15) is 47.0 Å². The van der Waals surface area contributed by atoms with Crippen LogP contribution in [-0.2, 0) is 9.53 Å². The molecule has 0 rings (SSSR count). The number of carbonyl (C=O) groups is 1. The SMILES string of the molecule is C=C/C(C)=C\C/C=C(\C)CC/C=C(\C)COC(C)=O. The molecule has 0 bridgehead atoms. The Bertz CT molecular complexity index is 384. The Morgan fingerprint density at radius 2 is 1.74 bits per heavy atom. The van der Waals surface area contributed by atoms with Crippen LogP contribution in [-0.4, -0.2) is 12.6 Å². The summed E-state index contributed by atoms with van der Waals surface area (Å²) in [5, 5.41) is 0. The molecule has 0 aliphatic carbocycles. The zero-order valence-electron chi connectivity index (χ0n) is 12.7. The van der Waals surface area contributed by atoms with Crippen LogP contribution in [0.2, 0.25) is 0 Å². The monoisotopic (exact) mass is 262 g/mol. The highest BCUT2D eigenvalue weighted by Crippen LogP contribution is 2.09. The molecule has 0 aromatic heterocycles. The van der Waals surface area contributed by atoms with Gasteiger partial charge in [-0.15, -0.1) is 0 Å². The number of rotatable bonds is 8. The number of hydrogen-bond donors (Lipinski definition) is 0. The second-order valence-corrected chi connectivity index (χ2v) is 4.81. The molecule has 0 aromatic carbocycles. The molecule has 0 saturated heterocycles. The quantitative estimate of drug-likeness (QED) is 0.358.